The van der Waals surface area contributed by atoms with Crippen LogP contribution in [0.25, 0.3) is 0 Å². The lowest BCUT2D eigenvalue weighted by molar-refractivity contribution is -0.137. The highest BCUT2D eigenvalue weighted by molar-refractivity contribution is 5.80. The number of para-hydroxylation sites is 1. The minimum atomic E-state index is 0.292. The first-order valence-electron chi connectivity index (χ1n) is 11.4. The highest BCUT2D eigenvalue weighted by atomic mass is 16.5. The molecule has 7 heteroatoms. The van der Waals surface area contributed by atoms with Gasteiger partial charge >= 0.3 is 0 Å². The maximum absolute atomic E-state index is 12.6. The molecule has 1 heterocycles. The summed E-state index contributed by atoms with van der Waals surface area (Å²) in [5, 5.41) is 6.74. The number of piperazine rings is 1. The van der Waals surface area contributed by atoms with E-state index in [-0.39, 0.29) is 0 Å². The third-order valence-electron chi connectivity index (χ3n) is 6.05. The van der Waals surface area contributed by atoms with E-state index in [9.17, 15) is 4.79 Å². The second-order valence-electron chi connectivity index (χ2n) is 8.08. The summed E-state index contributed by atoms with van der Waals surface area (Å²) in [6, 6.07) is 7.97. The number of carbonyl (C=O) groups excluding carboxylic acids is 1. The molecular weight excluding hydrogens is 378 g/mol. The number of guanidine groups is 1. The molecule has 30 heavy (non-hydrogen) atoms. The number of ether oxygens (including phenoxy) is 1. The lowest BCUT2D eigenvalue weighted by Crippen LogP contribution is -2.51. The molecule has 0 spiro atoms. The first-order valence-corrected chi connectivity index (χ1v) is 11.4. The van der Waals surface area contributed by atoms with Crippen LogP contribution < -0.4 is 15.4 Å². The van der Waals surface area contributed by atoms with Crippen molar-refractivity contribution < 1.29 is 9.53 Å². The first kappa shape index (κ1) is 22.4. The zero-order chi connectivity index (χ0) is 21.2. The third kappa shape index (κ3) is 6.36. The topological polar surface area (TPSA) is 69.2 Å². The van der Waals surface area contributed by atoms with E-state index in [0.717, 1.165) is 75.9 Å². The van der Waals surface area contributed by atoms with E-state index in [2.05, 4.69) is 27.4 Å². The minimum Gasteiger partial charge on any atom is -0.496 e. The summed E-state index contributed by atoms with van der Waals surface area (Å²) in [6.07, 6.45) is 4.61. The molecule has 1 aliphatic heterocycles. The number of benzene rings is 1. The smallest absolute Gasteiger partial charge is 0.225 e. The van der Waals surface area contributed by atoms with Gasteiger partial charge in [0.05, 0.1) is 13.7 Å². The lowest BCUT2D eigenvalue weighted by Gasteiger charge is -2.36. The number of nitrogens with zero attached hydrogens (tertiary/aromatic N) is 3. The van der Waals surface area contributed by atoms with Gasteiger partial charge in [0.15, 0.2) is 5.96 Å². The van der Waals surface area contributed by atoms with Gasteiger partial charge in [-0.1, -0.05) is 31.0 Å². The van der Waals surface area contributed by atoms with Gasteiger partial charge in [-0.2, -0.15) is 0 Å². The molecule has 1 amide bonds. The molecule has 1 saturated heterocycles. The lowest BCUT2D eigenvalue weighted by atomic mass is 10.1. The van der Waals surface area contributed by atoms with Crippen LogP contribution in [0.4, 0.5) is 0 Å². The molecule has 2 aliphatic rings. The Morgan fingerprint density at radius 1 is 1.13 bits per heavy atom. The van der Waals surface area contributed by atoms with Crippen molar-refractivity contribution in [3.05, 3.63) is 29.8 Å². The molecule has 1 saturated carbocycles. The first-order chi connectivity index (χ1) is 14.7. The fourth-order valence-corrected chi connectivity index (χ4v) is 4.29. The molecule has 0 unspecified atom stereocenters. The van der Waals surface area contributed by atoms with Crippen LogP contribution in [0.3, 0.4) is 0 Å². The molecule has 0 bridgehead atoms. The fourth-order valence-electron chi connectivity index (χ4n) is 4.29. The van der Waals surface area contributed by atoms with Crippen molar-refractivity contribution in [3.63, 3.8) is 0 Å². The number of rotatable bonds is 8. The van der Waals surface area contributed by atoms with E-state index in [1.165, 1.54) is 12.8 Å². The Hall–Kier alpha value is -2.28. The highest BCUT2D eigenvalue weighted by Crippen LogP contribution is 2.26. The van der Waals surface area contributed by atoms with Gasteiger partial charge < -0.3 is 20.3 Å². The van der Waals surface area contributed by atoms with E-state index in [4.69, 9.17) is 9.73 Å². The van der Waals surface area contributed by atoms with Gasteiger partial charge in [-0.15, -0.1) is 0 Å². The van der Waals surface area contributed by atoms with Gasteiger partial charge in [-0.3, -0.25) is 9.69 Å². The van der Waals surface area contributed by atoms with E-state index in [1.54, 1.807) is 7.11 Å². The Kier molecular flexibility index (Phi) is 8.81. The second kappa shape index (κ2) is 11.8. The van der Waals surface area contributed by atoms with Crippen molar-refractivity contribution in [2.45, 2.75) is 39.2 Å². The average Bonchev–Trinajstić information content (AvgIpc) is 3.32. The molecule has 2 N–H and O–H groups in total. The monoisotopic (exact) mass is 415 g/mol. The van der Waals surface area contributed by atoms with Crippen molar-refractivity contribution in [1.82, 2.24) is 20.4 Å². The van der Waals surface area contributed by atoms with Crippen LogP contribution >= 0.6 is 0 Å². The van der Waals surface area contributed by atoms with E-state index < -0.39 is 0 Å². The number of aliphatic imine (C=N–C) groups is 1. The average molecular weight is 416 g/mol. The molecule has 2 fully saturated rings. The number of hydrogen-bond donors (Lipinski definition) is 2. The molecule has 0 radical (unpaired) electrons. The standard InChI is InChI=1S/C23H37N5O2/c1-3-24-23(26-18-20-10-6-7-11-21(20)30-2)25-12-13-27-14-16-28(17-15-27)22(29)19-8-4-5-9-19/h6-7,10-11,19H,3-5,8-9,12-18H2,1-2H3,(H2,24,25,26). The van der Waals surface area contributed by atoms with Crippen LogP contribution in [0.15, 0.2) is 29.3 Å². The van der Waals surface area contributed by atoms with Crippen LogP contribution in [0.5, 0.6) is 5.75 Å². The maximum atomic E-state index is 12.6. The summed E-state index contributed by atoms with van der Waals surface area (Å²) in [5.74, 6) is 2.36. The SMILES string of the molecule is CCNC(=NCc1ccccc1OC)NCCN1CCN(C(=O)C2CCCC2)CC1. The van der Waals surface area contributed by atoms with Crippen LogP contribution in [0.2, 0.25) is 0 Å². The predicted molar refractivity (Wildman–Crippen MR) is 121 cm³/mol. The zero-order valence-corrected chi connectivity index (χ0v) is 18.5. The molecule has 0 aromatic heterocycles. The number of hydrogen-bond acceptors (Lipinski definition) is 4. The van der Waals surface area contributed by atoms with Crippen molar-refractivity contribution >= 4 is 11.9 Å². The summed E-state index contributed by atoms with van der Waals surface area (Å²) >= 11 is 0. The zero-order valence-electron chi connectivity index (χ0n) is 18.5. The molecular formula is C23H37N5O2. The largest absolute Gasteiger partial charge is 0.496 e. The van der Waals surface area contributed by atoms with Gasteiger partial charge in [0, 0.05) is 57.3 Å². The Balaban J connectivity index is 1.41. The van der Waals surface area contributed by atoms with Gasteiger partial charge in [0.2, 0.25) is 5.91 Å². The van der Waals surface area contributed by atoms with Crippen molar-refractivity contribution in [2.24, 2.45) is 10.9 Å². The summed E-state index contributed by atoms with van der Waals surface area (Å²) in [7, 11) is 1.69. The van der Waals surface area contributed by atoms with Crippen LogP contribution in [-0.4, -0.2) is 74.6 Å². The summed E-state index contributed by atoms with van der Waals surface area (Å²) in [6.45, 7) is 8.86. The van der Waals surface area contributed by atoms with Crippen LogP contribution in [-0.2, 0) is 11.3 Å². The Morgan fingerprint density at radius 2 is 1.87 bits per heavy atom. The van der Waals surface area contributed by atoms with Crippen LogP contribution in [0.1, 0.15) is 38.2 Å². The normalized spacial score (nSPS) is 18.5. The summed E-state index contributed by atoms with van der Waals surface area (Å²) in [4.78, 5) is 21.8. The number of methoxy groups -OCH3 is 1. The van der Waals surface area contributed by atoms with Gasteiger partial charge in [-0.25, -0.2) is 4.99 Å². The second-order valence-corrected chi connectivity index (χ2v) is 8.08. The highest BCUT2D eigenvalue weighted by Gasteiger charge is 2.29. The number of amides is 1. The van der Waals surface area contributed by atoms with Crippen molar-refractivity contribution in [3.8, 4) is 5.75 Å². The van der Waals surface area contributed by atoms with Crippen LogP contribution in [0, 0.1) is 5.92 Å². The Morgan fingerprint density at radius 3 is 2.57 bits per heavy atom. The predicted octanol–water partition coefficient (Wildman–Crippen LogP) is 2.08. The van der Waals surface area contributed by atoms with E-state index in [0.29, 0.717) is 18.4 Å². The van der Waals surface area contributed by atoms with Crippen molar-refractivity contribution in [1.29, 1.82) is 0 Å². The summed E-state index contributed by atoms with van der Waals surface area (Å²) < 4.78 is 5.41. The molecule has 1 aliphatic carbocycles. The molecule has 0 atom stereocenters. The molecule has 1 aromatic rings. The maximum Gasteiger partial charge on any atom is 0.225 e. The molecule has 3 rings (SSSR count). The molecule has 1 aromatic carbocycles. The van der Waals surface area contributed by atoms with Crippen molar-refractivity contribution in [2.75, 3.05) is 52.9 Å². The molecule has 166 valence electrons. The Bertz CT molecular complexity index is 695. The number of carbonyl (C=O) groups is 1. The summed E-state index contributed by atoms with van der Waals surface area (Å²) in [5.41, 5.74) is 1.07. The van der Waals surface area contributed by atoms with Gasteiger partial charge in [-0.05, 0) is 25.8 Å². The van der Waals surface area contributed by atoms with E-state index in [1.807, 2.05) is 24.3 Å². The molecule has 7 nitrogen and oxygen atoms in total. The fraction of sp³-hybridized carbons (Fsp3) is 0.652. The Labute approximate surface area is 180 Å². The van der Waals surface area contributed by atoms with Gasteiger partial charge in [0.1, 0.15) is 5.75 Å². The number of nitrogens with one attached hydrogen (secondary N) is 2. The third-order valence-corrected chi connectivity index (χ3v) is 6.05. The van der Waals surface area contributed by atoms with Gasteiger partial charge in [0.25, 0.3) is 0 Å². The van der Waals surface area contributed by atoms with E-state index >= 15 is 0 Å². The quantitative estimate of drug-likeness (QED) is 0.503. The minimum absolute atomic E-state index is 0.292.